The molecule has 0 unspecified atom stereocenters. The molecule has 3 aromatic carbocycles. The van der Waals surface area contributed by atoms with Crippen LogP contribution < -0.4 is 14.2 Å². The van der Waals surface area contributed by atoms with Crippen LogP contribution in [-0.2, 0) is 0 Å². The Morgan fingerprint density at radius 1 is 0.867 bits per heavy atom. The largest absolute Gasteiger partial charge is 0.493 e. The molecule has 0 saturated carbocycles. The standard InChI is InChI=1S/C24H20FNO4/c1-28-18-12-15(13-19(29-2)24(18)30-3)23(27)20-16-10-7-11-17(25)22(16)26-21(20)14-8-5-4-6-9-14/h4-13,26H,1-3H3. The second kappa shape index (κ2) is 7.91. The van der Waals surface area contributed by atoms with Crippen molar-refractivity contribution < 1.29 is 23.4 Å². The molecule has 0 aliphatic rings. The van der Waals surface area contributed by atoms with Gasteiger partial charge < -0.3 is 19.2 Å². The number of hydrogen-bond acceptors (Lipinski definition) is 4. The van der Waals surface area contributed by atoms with Crippen LogP contribution in [0.4, 0.5) is 4.39 Å². The quantitative estimate of drug-likeness (QED) is 0.446. The minimum Gasteiger partial charge on any atom is -0.493 e. The molecule has 1 heterocycles. The van der Waals surface area contributed by atoms with Crippen molar-refractivity contribution in [1.29, 1.82) is 0 Å². The molecular formula is C24H20FNO4. The highest BCUT2D eigenvalue weighted by Crippen LogP contribution is 2.40. The summed E-state index contributed by atoms with van der Waals surface area (Å²) in [5.41, 5.74) is 2.34. The van der Waals surface area contributed by atoms with Crippen LogP contribution >= 0.6 is 0 Å². The molecule has 0 radical (unpaired) electrons. The Morgan fingerprint density at radius 3 is 2.13 bits per heavy atom. The molecule has 0 spiro atoms. The van der Waals surface area contributed by atoms with E-state index in [0.29, 0.717) is 39.5 Å². The number of ketones is 1. The normalized spacial score (nSPS) is 10.8. The first-order valence-corrected chi connectivity index (χ1v) is 9.29. The van der Waals surface area contributed by atoms with Crippen molar-refractivity contribution in [2.24, 2.45) is 0 Å². The van der Waals surface area contributed by atoms with Crippen molar-refractivity contribution in [3.8, 4) is 28.5 Å². The number of carbonyl (C=O) groups excluding carboxylic acids is 1. The maximum absolute atomic E-state index is 14.5. The van der Waals surface area contributed by atoms with Gasteiger partial charge in [-0.3, -0.25) is 4.79 Å². The summed E-state index contributed by atoms with van der Waals surface area (Å²) in [5.74, 6) is 0.420. The third-order valence-electron chi connectivity index (χ3n) is 5.00. The number of aromatic amines is 1. The minimum atomic E-state index is -0.423. The van der Waals surface area contributed by atoms with Crippen LogP contribution in [0.25, 0.3) is 22.2 Å². The zero-order chi connectivity index (χ0) is 21.3. The van der Waals surface area contributed by atoms with E-state index in [-0.39, 0.29) is 11.3 Å². The first-order valence-electron chi connectivity index (χ1n) is 9.29. The molecular weight excluding hydrogens is 385 g/mol. The number of aromatic nitrogens is 1. The molecule has 1 aromatic heterocycles. The number of rotatable bonds is 6. The van der Waals surface area contributed by atoms with Crippen LogP contribution in [0.3, 0.4) is 0 Å². The van der Waals surface area contributed by atoms with Gasteiger partial charge in [-0.25, -0.2) is 4.39 Å². The van der Waals surface area contributed by atoms with Gasteiger partial charge >= 0.3 is 0 Å². The van der Waals surface area contributed by atoms with Crippen molar-refractivity contribution in [2.45, 2.75) is 0 Å². The van der Waals surface area contributed by atoms with Crippen molar-refractivity contribution in [1.82, 2.24) is 4.98 Å². The average Bonchev–Trinajstić information content (AvgIpc) is 3.19. The first-order chi connectivity index (χ1) is 14.6. The third kappa shape index (κ3) is 3.16. The number of para-hydroxylation sites is 1. The Morgan fingerprint density at radius 2 is 1.53 bits per heavy atom. The highest BCUT2D eigenvalue weighted by Gasteiger charge is 2.25. The van der Waals surface area contributed by atoms with Crippen molar-refractivity contribution >= 4 is 16.7 Å². The predicted molar refractivity (Wildman–Crippen MR) is 113 cm³/mol. The fourth-order valence-electron chi connectivity index (χ4n) is 3.60. The predicted octanol–water partition coefficient (Wildman–Crippen LogP) is 5.23. The molecule has 0 fully saturated rings. The molecule has 30 heavy (non-hydrogen) atoms. The van der Waals surface area contributed by atoms with Gasteiger partial charge in [0.1, 0.15) is 5.82 Å². The van der Waals surface area contributed by atoms with Gasteiger partial charge in [0.25, 0.3) is 0 Å². The highest BCUT2D eigenvalue weighted by atomic mass is 19.1. The summed E-state index contributed by atoms with van der Waals surface area (Å²) in [6, 6.07) is 17.2. The number of methoxy groups -OCH3 is 3. The van der Waals surface area contributed by atoms with E-state index in [4.69, 9.17) is 14.2 Å². The Hall–Kier alpha value is -3.80. The van der Waals surface area contributed by atoms with Gasteiger partial charge in [-0.15, -0.1) is 0 Å². The topological polar surface area (TPSA) is 60.6 Å². The second-order valence-electron chi connectivity index (χ2n) is 6.65. The van der Waals surface area contributed by atoms with Crippen LogP contribution in [-0.4, -0.2) is 32.1 Å². The molecule has 4 aromatic rings. The van der Waals surface area contributed by atoms with Gasteiger partial charge in [0.15, 0.2) is 17.3 Å². The summed E-state index contributed by atoms with van der Waals surface area (Å²) in [5, 5.41) is 0.507. The lowest BCUT2D eigenvalue weighted by molar-refractivity contribution is 0.104. The van der Waals surface area contributed by atoms with Gasteiger partial charge in [0, 0.05) is 10.9 Å². The summed E-state index contributed by atoms with van der Waals surface area (Å²) in [6.45, 7) is 0. The zero-order valence-corrected chi connectivity index (χ0v) is 16.8. The summed E-state index contributed by atoms with van der Waals surface area (Å²) in [7, 11) is 4.47. The average molecular weight is 405 g/mol. The zero-order valence-electron chi connectivity index (χ0n) is 16.8. The fraction of sp³-hybridized carbons (Fsp3) is 0.125. The number of ether oxygens (including phenoxy) is 3. The van der Waals surface area contributed by atoms with Crippen LogP contribution in [0.2, 0.25) is 0 Å². The van der Waals surface area contributed by atoms with Crippen LogP contribution in [0.15, 0.2) is 60.7 Å². The lowest BCUT2D eigenvalue weighted by Gasteiger charge is -2.14. The van der Waals surface area contributed by atoms with Gasteiger partial charge in [0.2, 0.25) is 5.75 Å². The highest BCUT2D eigenvalue weighted by molar-refractivity contribution is 6.20. The second-order valence-corrected chi connectivity index (χ2v) is 6.65. The van der Waals surface area contributed by atoms with E-state index < -0.39 is 5.82 Å². The number of halogens is 1. The molecule has 0 aliphatic heterocycles. The molecule has 6 heteroatoms. The maximum atomic E-state index is 14.5. The van der Waals surface area contributed by atoms with Crippen molar-refractivity contribution in [2.75, 3.05) is 21.3 Å². The molecule has 1 N–H and O–H groups in total. The van der Waals surface area contributed by atoms with E-state index in [1.54, 1.807) is 24.3 Å². The number of fused-ring (bicyclic) bond motifs is 1. The van der Waals surface area contributed by atoms with Gasteiger partial charge in [-0.2, -0.15) is 0 Å². The maximum Gasteiger partial charge on any atom is 0.203 e. The molecule has 4 rings (SSSR count). The smallest absolute Gasteiger partial charge is 0.203 e. The van der Waals surface area contributed by atoms with Crippen LogP contribution in [0.5, 0.6) is 17.2 Å². The molecule has 5 nitrogen and oxygen atoms in total. The first kappa shape index (κ1) is 19.5. The van der Waals surface area contributed by atoms with E-state index in [0.717, 1.165) is 5.56 Å². The summed E-state index contributed by atoms with van der Waals surface area (Å²) < 4.78 is 30.6. The summed E-state index contributed by atoms with van der Waals surface area (Å²) in [6.07, 6.45) is 0. The van der Waals surface area contributed by atoms with Crippen LogP contribution in [0, 0.1) is 5.82 Å². The molecule has 152 valence electrons. The van der Waals surface area contributed by atoms with Crippen molar-refractivity contribution in [3.63, 3.8) is 0 Å². The van der Waals surface area contributed by atoms with E-state index in [2.05, 4.69) is 4.98 Å². The van der Waals surface area contributed by atoms with E-state index in [1.807, 2.05) is 30.3 Å². The lowest BCUT2D eigenvalue weighted by Crippen LogP contribution is -2.05. The van der Waals surface area contributed by atoms with E-state index >= 15 is 0 Å². The van der Waals surface area contributed by atoms with Gasteiger partial charge in [0.05, 0.1) is 38.1 Å². The monoisotopic (exact) mass is 405 g/mol. The fourth-order valence-corrected chi connectivity index (χ4v) is 3.60. The SMILES string of the molecule is COc1cc(C(=O)c2c(-c3ccccc3)[nH]c3c(F)cccc23)cc(OC)c1OC. The number of benzene rings is 3. The van der Waals surface area contributed by atoms with E-state index in [9.17, 15) is 9.18 Å². The summed E-state index contributed by atoms with van der Waals surface area (Å²) in [4.78, 5) is 16.8. The van der Waals surface area contributed by atoms with Gasteiger partial charge in [-0.05, 0) is 23.8 Å². The van der Waals surface area contributed by atoms with Crippen LogP contribution in [0.1, 0.15) is 15.9 Å². The molecule has 0 aliphatic carbocycles. The molecule has 0 amide bonds. The summed E-state index contributed by atoms with van der Waals surface area (Å²) >= 11 is 0. The number of nitrogens with one attached hydrogen (secondary N) is 1. The number of carbonyl (C=O) groups is 1. The molecule has 0 bridgehead atoms. The minimum absolute atomic E-state index is 0.284. The third-order valence-corrected chi connectivity index (χ3v) is 5.00. The van der Waals surface area contributed by atoms with Gasteiger partial charge in [-0.1, -0.05) is 42.5 Å². The Kier molecular flexibility index (Phi) is 5.14. The van der Waals surface area contributed by atoms with E-state index in [1.165, 1.54) is 27.4 Å². The number of hydrogen-bond donors (Lipinski definition) is 1. The molecule has 0 saturated heterocycles. The molecule has 0 atom stereocenters. The number of H-pyrrole nitrogens is 1. The van der Waals surface area contributed by atoms with Crippen molar-refractivity contribution in [3.05, 3.63) is 77.6 Å². The Labute approximate surface area is 173 Å². The lowest BCUT2D eigenvalue weighted by atomic mass is 9.96. The Bertz CT molecular complexity index is 1210. The Balaban J connectivity index is 1.98.